The molecule has 5 heteroatoms. The van der Waals surface area contributed by atoms with Gasteiger partial charge in [-0.1, -0.05) is 0 Å². The summed E-state index contributed by atoms with van der Waals surface area (Å²) >= 11 is 0. The second-order valence-electron chi connectivity index (χ2n) is 5.18. The molecule has 0 spiro atoms. The van der Waals surface area contributed by atoms with Gasteiger partial charge in [0.15, 0.2) is 5.65 Å². The molecule has 0 radical (unpaired) electrons. The number of fused-ring (bicyclic) bond motifs is 1. The van der Waals surface area contributed by atoms with Crippen molar-refractivity contribution in [1.29, 1.82) is 0 Å². The predicted octanol–water partition coefficient (Wildman–Crippen LogP) is 3.14. The highest BCUT2D eigenvalue weighted by atomic mass is 16.3. The highest BCUT2D eigenvalue weighted by molar-refractivity contribution is 5.74. The standard InChI is InChI=1S/C15H18N4O/c1-8-5-6-13-14(17-8)19(15(16)18-13)10(3)12-7-9(2)20-11(12)4/h5-7,10H,1-4H3,(H2,16,18). The second-order valence-corrected chi connectivity index (χ2v) is 5.18. The number of hydrogen-bond donors (Lipinski definition) is 1. The van der Waals surface area contributed by atoms with Gasteiger partial charge >= 0.3 is 0 Å². The third-order valence-corrected chi connectivity index (χ3v) is 3.62. The third kappa shape index (κ3) is 1.86. The van der Waals surface area contributed by atoms with Gasteiger partial charge in [-0.05, 0) is 45.9 Å². The van der Waals surface area contributed by atoms with Crippen LogP contribution in [0.15, 0.2) is 22.6 Å². The molecule has 3 aromatic heterocycles. The Kier molecular flexibility index (Phi) is 2.78. The number of nitrogens with zero attached hydrogens (tertiary/aromatic N) is 3. The fourth-order valence-corrected chi connectivity index (χ4v) is 2.67. The van der Waals surface area contributed by atoms with Crippen LogP contribution in [0.25, 0.3) is 11.2 Å². The summed E-state index contributed by atoms with van der Waals surface area (Å²) in [4.78, 5) is 8.95. The minimum Gasteiger partial charge on any atom is -0.466 e. The number of nitrogen functional groups attached to an aromatic ring is 1. The van der Waals surface area contributed by atoms with E-state index in [9.17, 15) is 0 Å². The average molecular weight is 270 g/mol. The van der Waals surface area contributed by atoms with Crippen LogP contribution in [0.5, 0.6) is 0 Å². The Hall–Kier alpha value is -2.30. The minimum atomic E-state index is 0.0340. The summed E-state index contributed by atoms with van der Waals surface area (Å²) in [5.41, 5.74) is 9.77. The Balaban J connectivity index is 2.20. The quantitative estimate of drug-likeness (QED) is 0.776. The van der Waals surface area contributed by atoms with E-state index in [0.29, 0.717) is 5.95 Å². The van der Waals surface area contributed by atoms with Gasteiger partial charge in [-0.15, -0.1) is 0 Å². The maximum absolute atomic E-state index is 6.08. The van der Waals surface area contributed by atoms with E-state index in [1.54, 1.807) is 0 Å². The number of pyridine rings is 1. The van der Waals surface area contributed by atoms with E-state index >= 15 is 0 Å². The first-order valence-corrected chi connectivity index (χ1v) is 6.65. The minimum absolute atomic E-state index is 0.0340. The molecule has 3 aromatic rings. The molecule has 0 aromatic carbocycles. The predicted molar refractivity (Wildman–Crippen MR) is 78.7 cm³/mol. The van der Waals surface area contributed by atoms with Gasteiger partial charge in [0.2, 0.25) is 5.95 Å². The summed E-state index contributed by atoms with van der Waals surface area (Å²) in [5.74, 6) is 2.28. The summed E-state index contributed by atoms with van der Waals surface area (Å²) in [6, 6.07) is 5.97. The molecule has 3 heterocycles. The molecule has 1 atom stereocenters. The molecular formula is C15H18N4O. The van der Waals surface area contributed by atoms with Gasteiger partial charge < -0.3 is 10.2 Å². The van der Waals surface area contributed by atoms with E-state index in [1.165, 1.54) is 0 Å². The zero-order valence-electron chi connectivity index (χ0n) is 12.1. The Morgan fingerprint density at radius 3 is 2.60 bits per heavy atom. The number of anilines is 1. The molecule has 104 valence electrons. The van der Waals surface area contributed by atoms with Crippen molar-refractivity contribution in [2.24, 2.45) is 0 Å². The lowest BCUT2D eigenvalue weighted by molar-refractivity contribution is 0.495. The van der Waals surface area contributed by atoms with Crippen LogP contribution in [0, 0.1) is 20.8 Å². The molecule has 0 saturated carbocycles. The zero-order chi connectivity index (χ0) is 14.4. The van der Waals surface area contributed by atoms with Gasteiger partial charge in [-0.3, -0.25) is 4.57 Å². The van der Waals surface area contributed by atoms with Crippen LogP contribution in [-0.2, 0) is 0 Å². The SMILES string of the molecule is Cc1ccc2nc(N)n(C(C)c3cc(C)oc3C)c2n1. The Labute approximate surface area is 117 Å². The van der Waals surface area contributed by atoms with Crippen LogP contribution in [0.1, 0.15) is 35.7 Å². The van der Waals surface area contributed by atoms with E-state index in [2.05, 4.69) is 16.9 Å². The van der Waals surface area contributed by atoms with Crippen molar-refractivity contribution >= 4 is 17.1 Å². The molecule has 0 aliphatic rings. The molecule has 0 fully saturated rings. The van der Waals surface area contributed by atoms with Gasteiger partial charge in [0.1, 0.15) is 17.0 Å². The van der Waals surface area contributed by atoms with Gasteiger partial charge in [-0.2, -0.15) is 0 Å². The normalized spacial score (nSPS) is 13.0. The third-order valence-electron chi connectivity index (χ3n) is 3.62. The molecule has 0 bridgehead atoms. The van der Waals surface area contributed by atoms with Crippen molar-refractivity contribution in [1.82, 2.24) is 14.5 Å². The first-order chi connectivity index (χ1) is 9.47. The van der Waals surface area contributed by atoms with E-state index < -0.39 is 0 Å². The molecule has 0 aliphatic carbocycles. The van der Waals surface area contributed by atoms with Crippen molar-refractivity contribution in [3.8, 4) is 0 Å². The number of aromatic nitrogens is 3. The molecule has 20 heavy (non-hydrogen) atoms. The Morgan fingerprint density at radius 2 is 1.95 bits per heavy atom. The number of aryl methyl sites for hydroxylation is 3. The van der Waals surface area contributed by atoms with Crippen LogP contribution in [0.2, 0.25) is 0 Å². The van der Waals surface area contributed by atoms with E-state index in [4.69, 9.17) is 10.2 Å². The van der Waals surface area contributed by atoms with Crippen molar-refractivity contribution in [2.75, 3.05) is 5.73 Å². The second kappa shape index (κ2) is 4.37. The number of furan rings is 1. The van der Waals surface area contributed by atoms with Crippen molar-refractivity contribution in [3.63, 3.8) is 0 Å². The maximum atomic E-state index is 6.08. The van der Waals surface area contributed by atoms with Gasteiger partial charge in [-0.25, -0.2) is 9.97 Å². The maximum Gasteiger partial charge on any atom is 0.203 e. The molecular weight excluding hydrogens is 252 g/mol. The summed E-state index contributed by atoms with van der Waals surface area (Å²) in [5, 5.41) is 0. The van der Waals surface area contributed by atoms with Gasteiger partial charge in [0.25, 0.3) is 0 Å². The van der Waals surface area contributed by atoms with Crippen molar-refractivity contribution < 1.29 is 4.42 Å². The fourth-order valence-electron chi connectivity index (χ4n) is 2.67. The lowest BCUT2D eigenvalue weighted by Gasteiger charge is -2.14. The van der Waals surface area contributed by atoms with Crippen molar-refractivity contribution in [3.05, 3.63) is 41.0 Å². The van der Waals surface area contributed by atoms with E-state index in [1.807, 2.05) is 43.5 Å². The number of imidazole rings is 1. The average Bonchev–Trinajstić information content (AvgIpc) is 2.87. The van der Waals surface area contributed by atoms with Crippen LogP contribution >= 0.6 is 0 Å². The van der Waals surface area contributed by atoms with E-state index in [-0.39, 0.29) is 6.04 Å². The van der Waals surface area contributed by atoms with Gasteiger partial charge in [0.05, 0.1) is 6.04 Å². The highest BCUT2D eigenvalue weighted by Gasteiger charge is 2.20. The topological polar surface area (TPSA) is 69.9 Å². The number of hydrogen-bond acceptors (Lipinski definition) is 4. The number of nitrogens with two attached hydrogens (primary N) is 1. The first kappa shape index (κ1) is 12.7. The zero-order valence-corrected chi connectivity index (χ0v) is 12.1. The molecule has 2 N–H and O–H groups in total. The summed E-state index contributed by atoms with van der Waals surface area (Å²) in [7, 11) is 0. The molecule has 5 nitrogen and oxygen atoms in total. The smallest absolute Gasteiger partial charge is 0.203 e. The molecule has 1 unspecified atom stereocenters. The van der Waals surface area contributed by atoms with Gasteiger partial charge in [0, 0.05) is 11.3 Å². The molecule has 3 rings (SSSR count). The largest absolute Gasteiger partial charge is 0.466 e. The molecule has 0 amide bonds. The van der Waals surface area contributed by atoms with Crippen LogP contribution in [0.4, 0.5) is 5.95 Å². The lowest BCUT2D eigenvalue weighted by Crippen LogP contribution is -2.11. The summed E-state index contributed by atoms with van der Waals surface area (Å²) < 4.78 is 7.57. The first-order valence-electron chi connectivity index (χ1n) is 6.65. The Bertz CT molecular complexity index is 785. The number of rotatable bonds is 2. The monoisotopic (exact) mass is 270 g/mol. The fraction of sp³-hybridized carbons (Fsp3) is 0.333. The van der Waals surface area contributed by atoms with E-state index in [0.717, 1.165) is 33.9 Å². The highest BCUT2D eigenvalue weighted by Crippen LogP contribution is 2.29. The molecule has 0 saturated heterocycles. The summed E-state index contributed by atoms with van der Waals surface area (Å²) in [6.45, 7) is 7.96. The van der Waals surface area contributed by atoms with Crippen LogP contribution in [0.3, 0.4) is 0 Å². The summed E-state index contributed by atoms with van der Waals surface area (Å²) in [6.07, 6.45) is 0. The Morgan fingerprint density at radius 1 is 1.20 bits per heavy atom. The van der Waals surface area contributed by atoms with Crippen LogP contribution in [-0.4, -0.2) is 14.5 Å². The van der Waals surface area contributed by atoms with Crippen molar-refractivity contribution in [2.45, 2.75) is 33.7 Å². The van der Waals surface area contributed by atoms with Crippen LogP contribution < -0.4 is 5.73 Å². The lowest BCUT2D eigenvalue weighted by atomic mass is 10.1. The molecule has 0 aliphatic heterocycles.